The van der Waals surface area contributed by atoms with E-state index in [1.165, 1.54) is 10.8 Å². The van der Waals surface area contributed by atoms with Gasteiger partial charge in [0.25, 0.3) is 5.56 Å². The minimum Gasteiger partial charge on any atom is -0.478 e. The van der Waals surface area contributed by atoms with Gasteiger partial charge in [-0.1, -0.05) is 43.7 Å². The van der Waals surface area contributed by atoms with E-state index in [4.69, 9.17) is 5.11 Å². The zero-order valence-corrected chi connectivity index (χ0v) is 12.4. The average Bonchev–Trinajstić information content (AvgIpc) is 2.53. The number of benzene rings is 1. The van der Waals surface area contributed by atoms with Gasteiger partial charge in [0, 0.05) is 23.7 Å². The number of carbonyl (C=O) groups is 1. The number of nitrogens with zero attached hydrogens (tertiary/aromatic N) is 2. The number of hydrogen-bond donors (Lipinski definition) is 1. The Bertz CT molecular complexity index is 733. The first-order valence-corrected chi connectivity index (χ1v) is 7.20. The third-order valence-electron chi connectivity index (χ3n) is 3.20. The maximum atomic E-state index is 12.3. The Morgan fingerprint density at radius 3 is 2.68 bits per heavy atom. The molecule has 0 unspecified atom stereocenters. The summed E-state index contributed by atoms with van der Waals surface area (Å²) in [5.74, 6) is -1.09. The van der Waals surface area contributed by atoms with Crippen LogP contribution in [0.1, 0.15) is 25.3 Å². The fraction of sp³-hybridized carbons (Fsp3) is 0.235. The molecule has 5 nitrogen and oxygen atoms in total. The largest absolute Gasteiger partial charge is 0.478 e. The highest BCUT2D eigenvalue weighted by atomic mass is 16.4. The molecule has 1 heterocycles. The Balaban J connectivity index is 2.52. The number of hydrogen-bond acceptors (Lipinski definition) is 3. The van der Waals surface area contributed by atoms with Gasteiger partial charge in [0.2, 0.25) is 0 Å². The van der Waals surface area contributed by atoms with Crippen LogP contribution in [0.25, 0.3) is 17.3 Å². The molecule has 0 bridgehead atoms. The van der Waals surface area contributed by atoms with Crippen LogP contribution in [-0.4, -0.2) is 20.9 Å². The van der Waals surface area contributed by atoms with Crippen LogP contribution in [0, 0.1) is 0 Å². The standard InChI is InChI=1S/C17H18N2O3/c1-2-3-11-19-17(22)14(9-10-16(20)21)12-15(18-19)13-7-5-4-6-8-13/h4-10,12H,2-3,11H2,1H3,(H,20,21)/b10-9+. The maximum absolute atomic E-state index is 12.3. The van der Waals surface area contributed by atoms with Gasteiger partial charge in [0.1, 0.15) is 0 Å². The zero-order valence-electron chi connectivity index (χ0n) is 12.4. The Kier molecular flexibility index (Phi) is 5.25. The number of aliphatic carboxylic acids is 1. The molecule has 0 aliphatic rings. The molecule has 0 atom stereocenters. The van der Waals surface area contributed by atoms with Crippen molar-refractivity contribution in [3.63, 3.8) is 0 Å². The third-order valence-corrected chi connectivity index (χ3v) is 3.20. The molecule has 0 aliphatic carbocycles. The van der Waals surface area contributed by atoms with Crippen LogP contribution in [0.4, 0.5) is 0 Å². The van der Waals surface area contributed by atoms with E-state index in [9.17, 15) is 9.59 Å². The molecule has 1 N–H and O–H groups in total. The van der Waals surface area contributed by atoms with Crippen LogP contribution in [-0.2, 0) is 11.3 Å². The van der Waals surface area contributed by atoms with E-state index >= 15 is 0 Å². The molecule has 0 spiro atoms. The van der Waals surface area contributed by atoms with Gasteiger partial charge < -0.3 is 5.11 Å². The number of aryl methyl sites for hydroxylation is 1. The molecule has 114 valence electrons. The van der Waals surface area contributed by atoms with E-state index in [0.717, 1.165) is 24.5 Å². The fourth-order valence-electron chi connectivity index (χ4n) is 2.05. The predicted octanol–water partition coefficient (Wildman–Crippen LogP) is 2.81. The number of rotatable bonds is 6. The lowest BCUT2D eigenvalue weighted by Gasteiger charge is -2.09. The average molecular weight is 298 g/mol. The Morgan fingerprint density at radius 2 is 2.05 bits per heavy atom. The number of carboxylic acid groups (broad SMARTS) is 1. The summed E-state index contributed by atoms with van der Waals surface area (Å²) in [6.07, 6.45) is 4.08. The Morgan fingerprint density at radius 1 is 1.32 bits per heavy atom. The van der Waals surface area contributed by atoms with Crippen LogP contribution in [0.3, 0.4) is 0 Å². The van der Waals surface area contributed by atoms with E-state index in [0.29, 0.717) is 17.8 Å². The molecule has 2 aromatic rings. The summed E-state index contributed by atoms with van der Waals surface area (Å²) in [7, 11) is 0. The van der Waals surface area contributed by atoms with Crippen LogP contribution in [0.2, 0.25) is 0 Å². The lowest BCUT2D eigenvalue weighted by molar-refractivity contribution is -0.131. The zero-order chi connectivity index (χ0) is 15.9. The summed E-state index contributed by atoms with van der Waals surface area (Å²) >= 11 is 0. The van der Waals surface area contributed by atoms with Gasteiger partial charge in [-0.15, -0.1) is 0 Å². The number of carboxylic acids is 1. The summed E-state index contributed by atoms with van der Waals surface area (Å²) in [4.78, 5) is 23.0. The molecule has 0 aliphatic heterocycles. The normalized spacial score (nSPS) is 11.0. The Hall–Kier alpha value is -2.69. The second-order valence-corrected chi connectivity index (χ2v) is 4.90. The molecule has 0 radical (unpaired) electrons. The minimum absolute atomic E-state index is 0.273. The van der Waals surface area contributed by atoms with Crippen molar-refractivity contribution in [3.05, 3.63) is 58.4 Å². The molecule has 0 saturated carbocycles. The predicted molar refractivity (Wildman–Crippen MR) is 85.5 cm³/mol. The molecule has 0 amide bonds. The van der Waals surface area contributed by atoms with E-state index in [1.54, 1.807) is 6.07 Å². The van der Waals surface area contributed by atoms with Crippen molar-refractivity contribution in [2.45, 2.75) is 26.3 Å². The SMILES string of the molecule is CCCCn1nc(-c2ccccc2)cc(/C=C/C(=O)O)c1=O. The van der Waals surface area contributed by atoms with Crippen molar-refractivity contribution < 1.29 is 9.90 Å². The van der Waals surface area contributed by atoms with E-state index in [-0.39, 0.29) is 5.56 Å². The molecule has 0 fully saturated rings. The second-order valence-electron chi connectivity index (χ2n) is 4.90. The smallest absolute Gasteiger partial charge is 0.328 e. The van der Waals surface area contributed by atoms with Gasteiger partial charge in [-0.25, -0.2) is 9.48 Å². The first-order chi connectivity index (χ1) is 10.6. The molecule has 1 aromatic heterocycles. The summed E-state index contributed by atoms with van der Waals surface area (Å²) in [5.41, 5.74) is 1.59. The van der Waals surface area contributed by atoms with E-state index < -0.39 is 5.97 Å². The van der Waals surface area contributed by atoms with Crippen molar-refractivity contribution in [1.82, 2.24) is 9.78 Å². The first kappa shape index (κ1) is 15.7. The molecule has 0 saturated heterocycles. The van der Waals surface area contributed by atoms with Crippen LogP contribution in [0.15, 0.2) is 47.3 Å². The third kappa shape index (κ3) is 3.91. The van der Waals surface area contributed by atoms with Crippen molar-refractivity contribution in [2.75, 3.05) is 0 Å². The van der Waals surface area contributed by atoms with Crippen molar-refractivity contribution in [3.8, 4) is 11.3 Å². The maximum Gasteiger partial charge on any atom is 0.328 e. The molecule has 5 heteroatoms. The summed E-state index contributed by atoms with van der Waals surface area (Å²) in [6.45, 7) is 2.56. The molecular formula is C17H18N2O3. The van der Waals surface area contributed by atoms with Crippen molar-refractivity contribution >= 4 is 12.0 Å². The minimum atomic E-state index is -1.09. The topological polar surface area (TPSA) is 72.2 Å². The highest BCUT2D eigenvalue weighted by Crippen LogP contribution is 2.16. The first-order valence-electron chi connectivity index (χ1n) is 7.20. The second kappa shape index (κ2) is 7.36. The monoisotopic (exact) mass is 298 g/mol. The lowest BCUT2D eigenvalue weighted by atomic mass is 10.1. The van der Waals surface area contributed by atoms with Crippen molar-refractivity contribution in [1.29, 1.82) is 0 Å². The van der Waals surface area contributed by atoms with Gasteiger partial charge >= 0.3 is 5.97 Å². The van der Waals surface area contributed by atoms with Gasteiger partial charge in [-0.05, 0) is 18.6 Å². The Labute approximate surface area is 128 Å². The number of unbranched alkanes of at least 4 members (excludes halogenated alkanes) is 1. The number of aromatic nitrogens is 2. The quantitative estimate of drug-likeness (QED) is 0.832. The summed E-state index contributed by atoms with van der Waals surface area (Å²) in [5, 5.41) is 13.1. The highest BCUT2D eigenvalue weighted by molar-refractivity contribution is 5.85. The summed E-state index contributed by atoms with van der Waals surface area (Å²) < 4.78 is 1.41. The molecule has 2 rings (SSSR count). The van der Waals surface area contributed by atoms with Crippen LogP contribution in [0.5, 0.6) is 0 Å². The van der Waals surface area contributed by atoms with Gasteiger partial charge in [0.15, 0.2) is 0 Å². The van der Waals surface area contributed by atoms with E-state index in [1.807, 2.05) is 37.3 Å². The lowest BCUT2D eigenvalue weighted by Crippen LogP contribution is -2.25. The fourth-order valence-corrected chi connectivity index (χ4v) is 2.05. The van der Waals surface area contributed by atoms with Crippen molar-refractivity contribution in [2.24, 2.45) is 0 Å². The van der Waals surface area contributed by atoms with Crippen LogP contribution < -0.4 is 5.56 Å². The van der Waals surface area contributed by atoms with Crippen LogP contribution >= 0.6 is 0 Å². The molecule has 1 aromatic carbocycles. The highest BCUT2D eigenvalue weighted by Gasteiger charge is 2.08. The molecule has 22 heavy (non-hydrogen) atoms. The van der Waals surface area contributed by atoms with Gasteiger partial charge in [-0.3, -0.25) is 4.79 Å². The molecular weight excluding hydrogens is 280 g/mol. The summed E-state index contributed by atoms with van der Waals surface area (Å²) in [6, 6.07) is 11.1. The van der Waals surface area contributed by atoms with E-state index in [2.05, 4.69) is 5.10 Å². The van der Waals surface area contributed by atoms with Gasteiger partial charge in [0.05, 0.1) is 5.69 Å². The van der Waals surface area contributed by atoms with Gasteiger partial charge in [-0.2, -0.15) is 5.10 Å².